The predicted molar refractivity (Wildman–Crippen MR) is 91.4 cm³/mol. The van der Waals surface area contributed by atoms with Crippen LogP contribution in [0.25, 0.3) is 0 Å². The van der Waals surface area contributed by atoms with Crippen molar-refractivity contribution in [2.45, 2.75) is 38.3 Å². The topological polar surface area (TPSA) is 97.6 Å². The highest BCUT2D eigenvalue weighted by atomic mass is 16.5. The summed E-state index contributed by atoms with van der Waals surface area (Å²) in [6.07, 6.45) is 4.06. The second-order valence-corrected chi connectivity index (χ2v) is 6.89. The summed E-state index contributed by atoms with van der Waals surface area (Å²) in [5.74, 6) is -0.264. The first-order chi connectivity index (χ1) is 12.5. The van der Waals surface area contributed by atoms with E-state index < -0.39 is 5.97 Å². The number of hydrogen-bond acceptors (Lipinski definition) is 5. The number of carboxylic acids is 1. The Labute approximate surface area is 150 Å². The number of carbonyl (C=O) groups is 2. The maximum Gasteiger partial charge on any atom is 0.358 e. The third kappa shape index (κ3) is 3.02. The van der Waals surface area contributed by atoms with Crippen molar-refractivity contribution in [3.8, 4) is 5.75 Å². The van der Waals surface area contributed by atoms with Crippen molar-refractivity contribution in [1.29, 1.82) is 0 Å². The van der Waals surface area contributed by atoms with Crippen LogP contribution in [-0.2, 0) is 6.42 Å². The number of nitrogens with zero attached hydrogens (tertiary/aromatic N) is 4. The van der Waals surface area contributed by atoms with Crippen LogP contribution in [0.1, 0.15) is 52.2 Å². The van der Waals surface area contributed by atoms with Crippen LogP contribution in [-0.4, -0.2) is 56.1 Å². The van der Waals surface area contributed by atoms with Crippen molar-refractivity contribution in [3.05, 3.63) is 41.2 Å². The van der Waals surface area contributed by atoms with Gasteiger partial charge in [0.05, 0.1) is 12.2 Å². The Hall–Kier alpha value is -2.90. The molecule has 1 aromatic heterocycles. The fourth-order valence-corrected chi connectivity index (χ4v) is 3.65. The number of hydrogen-bond donors (Lipinski definition) is 1. The lowest BCUT2D eigenvalue weighted by atomic mass is 10.0. The number of carboxylic acid groups (broad SMARTS) is 1. The molecule has 1 N–H and O–H groups in total. The molecule has 8 nitrogen and oxygen atoms in total. The van der Waals surface area contributed by atoms with Gasteiger partial charge in [-0.15, -0.1) is 5.10 Å². The molecular weight excluding hydrogens is 336 g/mol. The molecule has 0 bridgehead atoms. The van der Waals surface area contributed by atoms with E-state index in [4.69, 9.17) is 9.84 Å². The van der Waals surface area contributed by atoms with Crippen LogP contribution >= 0.6 is 0 Å². The summed E-state index contributed by atoms with van der Waals surface area (Å²) in [4.78, 5) is 25.7. The molecule has 2 aliphatic rings. The third-order valence-corrected chi connectivity index (χ3v) is 4.93. The lowest BCUT2D eigenvalue weighted by Crippen LogP contribution is -2.40. The number of aromatic nitrogens is 3. The molecule has 0 aliphatic carbocycles. The van der Waals surface area contributed by atoms with Gasteiger partial charge in [0.25, 0.3) is 5.91 Å². The van der Waals surface area contributed by atoms with Crippen LogP contribution in [0.3, 0.4) is 0 Å². The number of benzene rings is 1. The van der Waals surface area contributed by atoms with E-state index in [2.05, 4.69) is 10.3 Å². The van der Waals surface area contributed by atoms with Crippen LogP contribution in [0.5, 0.6) is 5.75 Å². The van der Waals surface area contributed by atoms with Crippen LogP contribution in [0, 0.1) is 0 Å². The Bertz CT molecular complexity index is 863. The summed E-state index contributed by atoms with van der Waals surface area (Å²) in [5, 5.41) is 16.6. The van der Waals surface area contributed by atoms with Gasteiger partial charge in [-0.2, -0.15) is 0 Å². The van der Waals surface area contributed by atoms with E-state index in [0.717, 1.165) is 30.6 Å². The molecule has 1 amide bonds. The zero-order valence-corrected chi connectivity index (χ0v) is 14.5. The van der Waals surface area contributed by atoms with E-state index >= 15 is 0 Å². The second kappa shape index (κ2) is 6.44. The monoisotopic (exact) mass is 356 g/mol. The van der Waals surface area contributed by atoms with Gasteiger partial charge in [0.2, 0.25) is 0 Å². The molecule has 2 aliphatic heterocycles. The smallest absolute Gasteiger partial charge is 0.358 e. The van der Waals surface area contributed by atoms with Gasteiger partial charge in [0.15, 0.2) is 5.69 Å². The normalized spacial score (nSPS) is 22.0. The van der Waals surface area contributed by atoms with E-state index in [0.29, 0.717) is 18.7 Å². The predicted octanol–water partition coefficient (Wildman–Crippen LogP) is 1.78. The van der Waals surface area contributed by atoms with Crippen molar-refractivity contribution < 1.29 is 19.4 Å². The number of ether oxygens (including phenoxy) is 1. The Morgan fingerprint density at radius 1 is 1.35 bits per heavy atom. The lowest BCUT2D eigenvalue weighted by molar-refractivity contribution is 0.0666. The highest BCUT2D eigenvalue weighted by Gasteiger charge is 2.28. The number of carbonyl (C=O) groups excluding carboxylic acids is 1. The summed E-state index contributed by atoms with van der Waals surface area (Å²) in [5.41, 5.74) is 1.65. The van der Waals surface area contributed by atoms with Gasteiger partial charge >= 0.3 is 5.97 Å². The first-order valence-electron chi connectivity index (χ1n) is 8.75. The average molecular weight is 356 g/mol. The Kier molecular flexibility index (Phi) is 4.10. The fourth-order valence-electron chi connectivity index (χ4n) is 3.65. The van der Waals surface area contributed by atoms with E-state index in [9.17, 15) is 9.59 Å². The van der Waals surface area contributed by atoms with Gasteiger partial charge < -0.3 is 14.7 Å². The molecule has 8 heteroatoms. The number of amides is 1. The van der Waals surface area contributed by atoms with Crippen LogP contribution < -0.4 is 4.74 Å². The van der Waals surface area contributed by atoms with Crippen LogP contribution in [0.15, 0.2) is 24.4 Å². The summed E-state index contributed by atoms with van der Waals surface area (Å²) in [6.45, 7) is 3.19. The second-order valence-electron chi connectivity index (χ2n) is 6.89. The van der Waals surface area contributed by atoms with Gasteiger partial charge in [0.1, 0.15) is 11.9 Å². The van der Waals surface area contributed by atoms with Crippen LogP contribution in [0.2, 0.25) is 0 Å². The number of likely N-dealkylation sites (tertiary alicyclic amines) is 1. The van der Waals surface area contributed by atoms with Crippen molar-refractivity contribution in [1.82, 2.24) is 19.9 Å². The molecule has 26 heavy (non-hydrogen) atoms. The Balaban J connectivity index is 1.50. The van der Waals surface area contributed by atoms with Crippen molar-refractivity contribution in [2.24, 2.45) is 0 Å². The summed E-state index contributed by atoms with van der Waals surface area (Å²) >= 11 is 0. The van der Waals surface area contributed by atoms with Crippen molar-refractivity contribution in [3.63, 3.8) is 0 Å². The summed E-state index contributed by atoms with van der Waals surface area (Å²) in [7, 11) is 0. The summed E-state index contributed by atoms with van der Waals surface area (Å²) in [6, 6.07) is 5.53. The molecule has 2 aromatic rings. The van der Waals surface area contributed by atoms with Gasteiger partial charge in [-0.05, 0) is 43.5 Å². The van der Waals surface area contributed by atoms with Gasteiger partial charge in [0, 0.05) is 25.1 Å². The molecular formula is C18H20N4O4. The highest BCUT2D eigenvalue weighted by Crippen LogP contribution is 2.30. The summed E-state index contributed by atoms with van der Waals surface area (Å²) < 4.78 is 7.25. The zero-order valence-electron chi connectivity index (χ0n) is 14.5. The SMILES string of the molecule is CC1Cc2cc(C(=O)N3CCCC(n4cc(C(=O)O)nn4)C3)ccc2O1. The minimum absolute atomic E-state index is 0.0179. The molecule has 0 radical (unpaired) electrons. The fraction of sp³-hybridized carbons (Fsp3) is 0.444. The van der Waals surface area contributed by atoms with Gasteiger partial charge in [-0.25, -0.2) is 9.48 Å². The highest BCUT2D eigenvalue weighted by molar-refractivity contribution is 5.94. The maximum absolute atomic E-state index is 12.9. The Morgan fingerprint density at radius 2 is 2.19 bits per heavy atom. The average Bonchev–Trinajstić information content (AvgIpc) is 3.26. The number of aromatic carboxylic acids is 1. The molecule has 136 valence electrons. The number of piperidine rings is 1. The molecule has 1 saturated heterocycles. The van der Waals surface area contributed by atoms with Gasteiger partial charge in [-0.3, -0.25) is 4.79 Å². The molecule has 3 heterocycles. The van der Waals surface area contributed by atoms with Gasteiger partial charge in [-0.1, -0.05) is 5.21 Å². The number of rotatable bonds is 3. The quantitative estimate of drug-likeness (QED) is 0.900. The van der Waals surface area contributed by atoms with Crippen LogP contribution in [0.4, 0.5) is 0 Å². The molecule has 2 atom stereocenters. The minimum atomic E-state index is -1.10. The molecule has 0 spiro atoms. The third-order valence-electron chi connectivity index (χ3n) is 4.93. The van der Waals surface area contributed by atoms with E-state index in [1.54, 1.807) is 15.6 Å². The van der Waals surface area contributed by atoms with Crippen molar-refractivity contribution in [2.75, 3.05) is 13.1 Å². The Morgan fingerprint density at radius 3 is 2.96 bits per heavy atom. The minimum Gasteiger partial charge on any atom is -0.490 e. The van der Waals surface area contributed by atoms with Crippen molar-refractivity contribution >= 4 is 11.9 Å². The first kappa shape index (κ1) is 16.6. The molecule has 1 aromatic carbocycles. The molecule has 0 saturated carbocycles. The van der Waals surface area contributed by atoms with E-state index in [1.165, 1.54) is 6.20 Å². The standard InChI is InChI=1S/C18H20N4O4/c1-11-7-13-8-12(4-5-16(13)26-11)17(23)21-6-2-3-14(9-21)22-10-15(18(24)25)19-20-22/h4-5,8,10-11,14H,2-3,6-7,9H2,1H3,(H,24,25). The number of fused-ring (bicyclic) bond motifs is 1. The first-order valence-corrected chi connectivity index (χ1v) is 8.75. The zero-order chi connectivity index (χ0) is 18.3. The van der Waals surface area contributed by atoms with E-state index in [1.807, 2.05) is 19.1 Å². The largest absolute Gasteiger partial charge is 0.490 e. The maximum atomic E-state index is 12.9. The molecule has 1 fully saturated rings. The lowest BCUT2D eigenvalue weighted by Gasteiger charge is -2.32. The van der Waals surface area contributed by atoms with E-state index in [-0.39, 0.29) is 23.7 Å². The molecule has 2 unspecified atom stereocenters. The molecule has 4 rings (SSSR count).